The maximum absolute atomic E-state index is 12.3. The van der Waals surface area contributed by atoms with Crippen molar-refractivity contribution < 1.29 is 9.21 Å². The normalized spacial score (nSPS) is 10.4. The zero-order valence-electron chi connectivity index (χ0n) is 13.2. The van der Waals surface area contributed by atoms with Crippen molar-refractivity contribution in [3.8, 4) is 11.3 Å². The molecule has 3 rings (SSSR count). The van der Waals surface area contributed by atoms with E-state index in [9.17, 15) is 4.79 Å². The molecule has 3 N–H and O–H groups in total. The summed E-state index contributed by atoms with van der Waals surface area (Å²) in [6.45, 7) is 0. The average Bonchev–Trinajstić information content (AvgIpc) is 3.11. The van der Waals surface area contributed by atoms with Crippen LogP contribution in [0.1, 0.15) is 10.5 Å². The standard InChI is InChI=1S/C16H16N6O2/c1-22(2)15-8-19-13(6-20-15)16(23)21-12-5-10(3-4-11(12)17)14-7-18-9-24-14/h3-9H,17H2,1-2H3,(H,21,23). The summed E-state index contributed by atoms with van der Waals surface area (Å²) in [6, 6.07) is 5.20. The molecule has 122 valence electrons. The highest BCUT2D eigenvalue weighted by atomic mass is 16.3. The van der Waals surface area contributed by atoms with Gasteiger partial charge in [0, 0.05) is 19.7 Å². The maximum Gasteiger partial charge on any atom is 0.275 e. The summed E-state index contributed by atoms with van der Waals surface area (Å²) in [5, 5.41) is 2.74. The molecule has 0 aliphatic heterocycles. The lowest BCUT2D eigenvalue weighted by Crippen LogP contribution is -2.17. The zero-order chi connectivity index (χ0) is 17.1. The predicted molar refractivity (Wildman–Crippen MR) is 90.7 cm³/mol. The lowest BCUT2D eigenvalue weighted by atomic mass is 10.1. The summed E-state index contributed by atoms with van der Waals surface area (Å²) < 4.78 is 5.25. The molecule has 8 nitrogen and oxygen atoms in total. The van der Waals surface area contributed by atoms with Crippen LogP contribution in [0.5, 0.6) is 0 Å². The van der Waals surface area contributed by atoms with Gasteiger partial charge in [-0.1, -0.05) is 0 Å². The third kappa shape index (κ3) is 3.17. The first kappa shape index (κ1) is 15.5. The number of hydrogen-bond acceptors (Lipinski definition) is 7. The fourth-order valence-corrected chi connectivity index (χ4v) is 2.03. The molecule has 0 aliphatic carbocycles. The molecule has 0 saturated heterocycles. The van der Waals surface area contributed by atoms with Crippen LogP contribution in [-0.2, 0) is 0 Å². The molecule has 24 heavy (non-hydrogen) atoms. The highest BCUT2D eigenvalue weighted by Gasteiger charge is 2.12. The van der Waals surface area contributed by atoms with Gasteiger partial charge >= 0.3 is 0 Å². The number of nitrogen functional groups attached to an aromatic ring is 1. The lowest BCUT2D eigenvalue weighted by Gasteiger charge is -2.11. The summed E-state index contributed by atoms with van der Waals surface area (Å²) in [5.74, 6) is 0.855. The van der Waals surface area contributed by atoms with Crippen LogP contribution >= 0.6 is 0 Å². The second-order valence-corrected chi connectivity index (χ2v) is 5.28. The van der Waals surface area contributed by atoms with Crippen LogP contribution in [0, 0.1) is 0 Å². The first-order chi connectivity index (χ1) is 11.5. The second kappa shape index (κ2) is 6.37. The quantitative estimate of drug-likeness (QED) is 0.706. The van der Waals surface area contributed by atoms with Gasteiger partial charge in [-0.05, 0) is 18.2 Å². The van der Waals surface area contributed by atoms with Crippen LogP contribution in [0.3, 0.4) is 0 Å². The van der Waals surface area contributed by atoms with Crippen molar-refractivity contribution in [1.82, 2.24) is 15.0 Å². The summed E-state index contributed by atoms with van der Waals surface area (Å²) in [4.78, 5) is 26.3. The molecule has 0 bridgehead atoms. The minimum absolute atomic E-state index is 0.199. The highest BCUT2D eigenvalue weighted by Crippen LogP contribution is 2.27. The highest BCUT2D eigenvalue weighted by molar-refractivity contribution is 6.04. The Morgan fingerprint density at radius 3 is 2.67 bits per heavy atom. The van der Waals surface area contributed by atoms with Gasteiger partial charge in [-0.3, -0.25) is 4.79 Å². The monoisotopic (exact) mass is 324 g/mol. The van der Waals surface area contributed by atoms with Crippen molar-refractivity contribution in [2.24, 2.45) is 0 Å². The van der Waals surface area contributed by atoms with Crippen LogP contribution in [0.4, 0.5) is 17.2 Å². The Bertz CT molecular complexity index is 844. The summed E-state index contributed by atoms with van der Waals surface area (Å²) in [7, 11) is 3.69. The fraction of sp³-hybridized carbons (Fsp3) is 0.125. The third-order valence-electron chi connectivity index (χ3n) is 3.35. The number of nitrogens with two attached hydrogens (primary N) is 1. The zero-order valence-corrected chi connectivity index (χ0v) is 13.2. The molecule has 0 unspecified atom stereocenters. The summed E-state index contributed by atoms with van der Waals surface area (Å²) >= 11 is 0. The Hall–Kier alpha value is -3.42. The molecule has 0 fully saturated rings. The van der Waals surface area contributed by atoms with Gasteiger partial charge in [0.1, 0.15) is 11.5 Å². The maximum atomic E-state index is 12.3. The number of carbonyl (C=O) groups is 1. The third-order valence-corrected chi connectivity index (χ3v) is 3.35. The van der Waals surface area contributed by atoms with E-state index < -0.39 is 5.91 Å². The number of anilines is 3. The van der Waals surface area contributed by atoms with Crippen molar-refractivity contribution in [2.75, 3.05) is 30.0 Å². The Kier molecular flexibility index (Phi) is 4.11. The smallest absolute Gasteiger partial charge is 0.275 e. The number of rotatable bonds is 4. The van der Waals surface area contributed by atoms with E-state index >= 15 is 0 Å². The molecule has 2 aromatic heterocycles. The first-order valence-corrected chi connectivity index (χ1v) is 7.13. The van der Waals surface area contributed by atoms with E-state index in [0.717, 1.165) is 5.56 Å². The van der Waals surface area contributed by atoms with E-state index in [1.54, 1.807) is 29.3 Å². The first-order valence-electron chi connectivity index (χ1n) is 7.13. The van der Waals surface area contributed by atoms with Gasteiger partial charge in [-0.15, -0.1) is 0 Å². The van der Waals surface area contributed by atoms with Crippen molar-refractivity contribution in [3.05, 3.63) is 48.9 Å². The molecule has 8 heteroatoms. The number of aromatic nitrogens is 3. The van der Waals surface area contributed by atoms with Crippen molar-refractivity contribution in [1.29, 1.82) is 0 Å². The fourth-order valence-electron chi connectivity index (χ4n) is 2.03. The number of nitrogens with zero attached hydrogens (tertiary/aromatic N) is 4. The van der Waals surface area contributed by atoms with Gasteiger partial charge in [-0.25, -0.2) is 15.0 Å². The molecule has 3 aromatic rings. The molecule has 0 atom stereocenters. The molecule has 1 aromatic carbocycles. The van der Waals surface area contributed by atoms with Crippen molar-refractivity contribution in [3.63, 3.8) is 0 Å². The van der Waals surface area contributed by atoms with Crippen molar-refractivity contribution in [2.45, 2.75) is 0 Å². The Balaban J connectivity index is 1.82. The van der Waals surface area contributed by atoms with Crippen molar-refractivity contribution >= 4 is 23.1 Å². The molecule has 0 radical (unpaired) electrons. The Morgan fingerprint density at radius 1 is 1.21 bits per heavy atom. The van der Waals surface area contributed by atoms with Gasteiger partial charge < -0.3 is 20.4 Å². The molecule has 0 saturated carbocycles. The van der Waals surface area contributed by atoms with E-state index in [2.05, 4.69) is 20.3 Å². The lowest BCUT2D eigenvalue weighted by molar-refractivity contribution is 0.102. The number of benzene rings is 1. The number of nitrogens with one attached hydrogen (secondary N) is 1. The van der Waals surface area contributed by atoms with Crippen LogP contribution in [0.15, 0.2) is 47.6 Å². The van der Waals surface area contributed by atoms with Gasteiger partial charge in [0.05, 0.1) is 30.0 Å². The van der Waals surface area contributed by atoms with Crippen LogP contribution in [0.2, 0.25) is 0 Å². The summed E-state index contributed by atoms with van der Waals surface area (Å²) in [6.07, 6.45) is 5.87. The van der Waals surface area contributed by atoms with Gasteiger partial charge in [0.15, 0.2) is 12.2 Å². The average molecular weight is 324 g/mol. The molecular formula is C16H16N6O2. The van der Waals surface area contributed by atoms with Gasteiger partial charge in [0.2, 0.25) is 0 Å². The number of amides is 1. The molecule has 2 heterocycles. The predicted octanol–water partition coefficient (Wildman–Crippen LogP) is 2.03. The number of hydrogen-bond donors (Lipinski definition) is 2. The van der Waals surface area contributed by atoms with E-state index in [1.165, 1.54) is 18.8 Å². The largest absolute Gasteiger partial charge is 0.444 e. The molecule has 0 aliphatic rings. The number of oxazole rings is 1. The Labute approximate surface area is 138 Å². The van der Waals surface area contributed by atoms with Crippen LogP contribution in [0.25, 0.3) is 11.3 Å². The van der Waals surface area contributed by atoms with Crippen LogP contribution < -0.4 is 16.0 Å². The SMILES string of the molecule is CN(C)c1cnc(C(=O)Nc2cc(-c3cnco3)ccc2N)cn1. The minimum Gasteiger partial charge on any atom is -0.444 e. The minimum atomic E-state index is -0.394. The van der Waals surface area contributed by atoms with Crippen LogP contribution in [-0.4, -0.2) is 35.0 Å². The van der Waals surface area contributed by atoms with E-state index in [-0.39, 0.29) is 5.69 Å². The van der Waals surface area contributed by atoms with Gasteiger partial charge in [0.25, 0.3) is 5.91 Å². The van der Waals surface area contributed by atoms with Gasteiger partial charge in [-0.2, -0.15) is 0 Å². The molecule has 0 spiro atoms. The Morgan fingerprint density at radius 2 is 2.04 bits per heavy atom. The summed E-state index contributed by atoms with van der Waals surface area (Å²) in [5.41, 5.74) is 7.78. The topological polar surface area (TPSA) is 110 Å². The van der Waals surface area contributed by atoms with E-state index in [4.69, 9.17) is 10.2 Å². The molecule has 1 amide bonds. The van der Waals surface area contributed by atoms with E-state index in [1.807, 2.05) is 14.1 Å². The molecular weight excluding hydrogens is 308 g/mol. The second-order valence-electron chi connectivity index (χ2n) is 5.28. The van der Waals surface area contributed by atoms with E-state index in [0.29, 0.717) is 23.0 Å². The number of carbonyl (C=O) groups excluding carboxylic acids is 1.